The summed E-state index contributed by atoms with van der Waals surface area (Å²) in [6, 6.07) is 7.75. The van der Waals surface area contributed by atoms with Crippen molar-refractivity contribution < 1.29 is 18.4 Å². The Morgan fingerprint density at radius 1 is 1.22 bits per heavy atom. The zero-order valence-electron chi connectivity index (χ0n) is 10.4. The molecule has 0 N–H and O–H groups in total. The first-order valence-electron chi connectivity index (χ1n) is 5.46. The molecule has 0 aliphatic heterocycles. The van der Waals surface area contributed by atoms with Gasteiger partial charge in [-0.3, -0.25) is 9.36 Å². The highest BCUT2D eigenvalue weighted by molar-refractivity contribution is 9.10. The normalized spacial score (nSPS) is 11.5. The Kier molecular flexibility index (Phi) is 6.22. The molecule has 0 radical (unpaired) electrons. The van der Waals surface area contributed by atoms with Gasteiger partial charge in [0.2, 0.25) is 0 Å². The van der Waals surface area contributed by atoms with Crippen molar-refractivity contribution in [3.63, 3.8) is 0 Å². The molecule has 1 rings (SSSR count). The van der Waals surface area contributed by atoms with Gasteiger partial charge < -0.3 is 9.05 Å². The van der Waals surface area contributed by atoms with Crippen LogP contribution < -0.4 is 0 Å². The van der Waals surface area contributed by atoms with Gasteiger partial charge in [-0.25, -0.2) is 0 Å². The third-order valence-electron chi connectivity index (χ3n) is 2.53. The van der Waals surface area contributed by atoms with E-state index in [9.17, 15) is 9.36 Å². The van der Waals surface area contributed by atoms with Crippen LogP contribution >= 0.6 is 23.5 Å². The van der Waals surface area contributed by atoms with Crippen molar-refractivity contribution >= 4 is 29.3 Å². The van der Waals surface area contributed by atoms with E-state index >= 15 is 0 Å². The van der Waals surface area contributed by atoms with Crippen molar-refractivity contribution in [2.45, 2.75) is 12.8 Å². The van der Waals surface area contributed by atoms with Crippen molar-refractivity contribution in [3.05, 3.63) is 34.3 Å². The first-order chi connectivity index (χ1) is 8.49. The van der Waals surface area contributed by atoms with Crippen LogP contribution in [-0.2, 0) is 24.8 Å². The third kappa shape index (κ3) is 5.02. The Morgan fingerprint density at radius 2 is 1.78 bits per heavy atom. The van der Waals surface area contributed by atoms with Crippen molar-refractivity contribution in [2.75, 3.05) is 20.4 Å². The number of benzene rings is 1. The van der Waals surface area contributed by atoms with E-state index in [1.165, 1.54) is 14.2 Å². The Hall–Kier alpha value is -0.480. The third-order valence-corrected chi connectivity index (χ3v) is 4.91. The highest BCUT2D eigenvalue weighted by Gasteiger charge is 2.24. The molecule has 1 aromatic rings. The maximum Gasteiger partial charge on any atom is 0.337 e. The molecule has 0 saturated heterocycles. The van der Waals surface area contributed by atoms with Gasteiger partial charge in [-0.05, 0) is 24.1 Å². The molecule has 0 bridgehead atoms. The Labute approximate surface area is 115 Å². The molecule has 4 nitrogen and oxygen atoms in total. The Balaban J connectivity index is 2.46. The Bertz CT molecular complexity index is 436. The van der Waals surface area contributed by atoms with Gasteiger partial charge in [0.25, 0.3) is 0 Å². The molecule has 100 valence electrons. The van der Waals surface area contributed by atoms with E-state index in [4.69, 9.17) is 9.05 Å². The molecule has 0 heterocycles. The van der Waals surface area contributed by atoms with Crippen LogP contribution in [0.2, 0.25) is 0 Å². The second-order valence-corrected chi connectivity index (χ2v) is 6.98. The lowest BCUT2D eigenvalue weighted by molar-refractivity contribution is -0.116. The van der Waals surface area contributed by atoms with Crippen molar-refractivity contribution in [2.24, 2.45) is 0 Å². The van der Waals surface area contributed by atoms with Gasteiger partial charge in [-0.2, -0.15) is 0 Å². The SMILES string of the molecule is COP(=O)(CC(=O)CCc1ccc(Br)cc1)OC. The molecular weight excluding hydrogens is 319 g/mol. The average molecular weight is 335 g/mol. The van der Waals surface area contributed by atoms with Crippen LogP contribution in [0.25, 0.3) is 0 Å². The van der Waals surface area contributed by atoms with Gasteiger partial charge in [-0.15, -0.1) is 0 Å². The molecule has 0 aliphatic carbocycles. The maximum absolute atomic E-state index is 11.7. The number of carbonyl (C=O) groups excluding carboxylic acids is 1. The number of hydrogen-bond acceptors (Lipinski definition) is 4. The zero-order chi connectivity index (χ0) is 13.6. The highest BCUT2D eigenvalue weighted by atomic mass is 79.9. The predicted molar refractivity (Wildman–Crippen MR) is 74.0 cm³/mol. The van der Waals surface area contributed by atoms with Crippen molar-refractivity contribution in [3.8, 4) is 0 Å². The smallest absolute Gasteiger partial charge is 0.312 e. The van der Waals surface area contributed by atoms with Crippen LogP contribution in [0.1, 0.15) is 12.0 Å². The van der Waals surface area contributed by atoms with E-state index in [1.807, 2.05) is 24.3 Å². The van der Waals surface area contributed by atoms with E-state index in [0.29, 0.717) is 12.8 Å². The minimum Gasteiger partial charge on any atom is -0.312 e. The number of carbonyl (C=O) groups is 1. The molecule has 0 spiro atoms. The standard InChI is InChI=1S/C12H16BrO4P/c1-16-18(15,17-2)9-12(14)8-5-10-3-6-11(13)7-4-10/h3-4,6-7H,5,8-9H2,1-2H3. The summed E-state index contributed by atoms with van der Waals surface area (Å²) in [5, 5.41) is 0. The van der Waals surface area contributed by atoms with Gasteiger partial charge in [0.15, 0.2) is 0 Å². The summed E-state index contributed by atoms with van der Waals surface area (Å²) in [5.41, 5.74) is 1.07. The second kappa shape index (κ2) is 7.19. The minimum atomic E-state index is -3.22. The molecule has 6 heteroatoms. The lowest BCUT2D eigenvalue weighted by Crippen LogP contribution is -2.08. The molecule has 0 aliphatic rings. The van der Waals surface area contributed by atoms with E-state index in [2.05, 4.69) is 15.9 Å². The summed E-state index contributed by atoms with van der Waals surface area (Å²) in [7, 11) is -0.655. The van der Waals surface area contributed by atoms with Crippen LogP contribution in [0.5, 0.6) is 0 Å². The van der Waals surface area contributed by atoms with E-state index < -0.39 is 7.60 Å². The van der Waals surface area contributed by atoms with Crippen LogP contribution in [0.15, 0.2) is 28.7 Å². The summed E-state index contributed by atoms with van der Waals surface area (Å²) < 4.78 is 22.2. The summed E-state index contributed by atoms with van der Waals surface area (Å²) in [6.07, 6.45) is 0.786. The number of ketones is 1. The molecule has 0 fully saturated rings. The highest BCUT2D eigenvalue weighted by Crippen LogP contribution is 2.46. The first-order valence-corrected chi connectivity index (χ1v) is 7.98. The van der Waals surface area contributed by atoms with Gasteiger partial charge in [0.1, 0.15) is 11.9 Å². The summed E-state index contributed by atoms with van der Waals surface area (Å²) >= 11 is 3.35. The fourth-order valence-electron chi connectivity index (χ4n) is 1.43. The van der Waals surface area contributed by atoms with Crippen LogP contribution in [0, 0.1) is 0 Å². The Morgan fingerprint density at radius 3 is 2.28 bits per heavy atom. The number of aryl methyl sites for hydroxylation is 1. The molecule has 1 aromatic carbocycles. The molecular formula is C12H16BrO4P. The van der Waals surface area contributed by atoms with Crippen molar-refractivity contribution in [1.82, 2.24) is 0 Å². The molecule has 0 amide bonds. The topological polar surface area (TPSA) is 52.6 Å². The van der Waals surface area contributed by atoms with E-state index in [1.54, 1.807) is 0 Å². The minimum absolute atomic E-state index is 0.120. The lowest BCUT2D eigenvalue weighted by Gasteiger charge is -2.12. The van der Waals surface area contributed by atoms with Gasteiger partial charge in [0.05, 0.1) is 0 Å². The van der Waals surface area contributed by atoms with Crippen LogP contribution in [-0.4, -0.2) is 26.2 Å². The van der Waals surface area contributed by atoms with E-state index in [0.717, 1.165) is 10.0 Å². The zero-order valence-corrected chi connectivity index (χ0v) is 12.9. The van der Waals surface area contributed by atoms with Gasteiger partial charge in [-0.1, -0.05) is 28.1 Å². The molecule has 0 saturated carbocycles. The quantitative estimate of drug-likeness (QED) is 0.717. The summed E-state index contributed by atoms with van der Waals surface area (Å²) in [6.45, 7) is 0. The fourth-order valence-corrected chi connectivity index (χ4v) is 2.70. The van der Waals surface area contributed by atoms with Crippen LogP contribution in [0.3, 0.4) is 0 Å². The van der Waals surface area contributed by atoms with Gasteiger partial charge in [0, 0.05) is 25.1 Å². The monoisotopic (exact) mass is 334 g/mol. The molecule has 0 unspecified atom stereocenters. The van der Waals surface area contributed by atoms with E-state index in [-0.39, 0.29) is 11.9 Å². The molecule has 0 aromatic heterocycles. The predicted octanol–water partition coefficient (Wildman–Crippen LogP) is 3.44. The maximum atomic E-state index is 11.7. The average Bonchev–Trinajstić information content (AvgIpc) is 2.38. The summed E-state index contributed by atoms with van der Waals surface area (Å²) in [4.78, 5) is 11.7. The number of rotatable bonds is 7. The largest absolute Gasteiger partial charge is 0.337 e. The number of halogens is 1. The molecule has 18 heavy (non-hydrogen) atoms. The second-order valence-electron chi connectivity index (χ2n) is 3.80. The number of hydrogen-bond donors (Lipinski definition) is 0. The first kappa shape index (κ1) is 15.6. The summed E-state index contributed by atoms with van der Waals surface area (Å²) in [5.74, 6) is -0.120. The lowest BCUT2D eigenvalue weighted by atomic mass is 10.1. The van der Waals surface area contributed by atoms with Crippen molar-refractivity contribution in [1.29, 1.82) is 0 Å². The fraction of sp³-hybridized carbons (Fsp3) is 0.417. The van der Waals surface area contributed by atoms with Gasteiger partial charge >= 0.3 is 7.60 Å². The van der Waals surface area contributed by atoms with Crippen LogP contribution in [0.4, 0.5) is 0 Å². The number of Topliss-reactive ketones (excluding diaryl/α,β-unsaturated/α-hetero) is 1. The molecule has 0 atom stereocenters.